The predicted molar refractivity (Wildman–Crippen MR) is 130 cm³/mol. The first-order chi connectivity index (χ1) is 14.8. The molecule has 30 heavy (non-hydrogen) atoms. The molecule has 0 bridgehead atoms. The van der Waals surface area contributed by atoms with Gasteiger partial charge in [0.25, 0.3) is 5.56 Å². The molecule has 1 N–H and O–H groups in total. The number of aromatic nitrogens is 1. The standard InChI is InChI=1S/C27H15NOS/c29-27-26-23(20-13-11-16-6-2-4-8-19(16)25(20)30-26)24-21(28-27)14-12-17-10-9-15-5-1-3-7-18(15)22(17)24/h1-14H,(H,28,29). The molecule has 0 saturated heterocycles. The van der Waals surface area contributed by atoms with Crippen molar-refractivity contribution in [3.63, 3.8) is 0 Å². The van der Waals surface area contributed by atoms with Gasteiger partial charge in [0.2, 0.25) is 0 Å². The fourth-order valence-corrected chi connectivity index (χ4v) is 6.11. The molecular weight excluding hydrogens is 386 g/mol. The Morgan fingerprint density at radius 1 is 0.533 bits per heavy atom. The number of nitrogens with one attached hydrogen (secondary N) is 1. The summed E-state index contributed by atoms with van der Waals surface area (Å²) in [5.74, 6) is 0. The first-order valence-electron chi connectivity index (χ1n) is 10.00. The maximum absolute atomic E-state index is 13.1. The van der Waals surface area contributed by atoms with Gasteiger partial charge in [-0.1, -0.05) is 78.9 Å². The Bertz CT molecular complexity index is 1870. The van der Waals surface area contributed by atoms with Gasteiger partial charge >= 0.3 is 0 Å². The van der Waals surface area contributed by atoms with Gasteiger partial charge in [-0.05, 0) is 38.4 Å². The minimum atomic E-state index is -0.0117. The van der Waals surface area contributed by atoms with E-state index in [0.29, 0.717) is 0 Å². The van der Waals surface area contributed by atoms with Gasteiger partial charge in [0, 0.05) is 26.4 Å². The summed E-state index contributed by atoms with van der Waals surface area (Å²) in [5, 5.41) is 10.6. The van der Waals surface area contributed by atoms with Gasteiger partial charge in [-0.15, -0.1) is 11.3 Å². The number of fused-ring (bicyclic) bond motifs is 11. The molecule has 0 aliphatic carbocycles. The van der Waals surface area contributed by atoms with Crippen LogP contribution in [0.15, 0.2) is 89.7 Å². The minimum Gasteiger partial charge on any atom is -0.321 e. The van der Waals surface area contributed by atoms with Crippen molar-refractivity contribution in [3.05, 3.63) is 95.3 Å². The SMILES string of the molecule is O=c1[nH]c2ccc3ccc4ccccc4c3c2c2c1sc1c3ccccc3ccc12. The molecule has 0 unspecified atom stereocenters. The van der Waals surface area contributed by atoms with Crippen LogP contribution in [-0.2, 0) is 0 Å². The highest BCUT2D eigenvalue weighted by Crippen LogP contribution is 2.42. The van der Waals surface area contributed by atoms with Crippen LogP contribution in [0.4, 0.5) is 0 Å². The third kappa shape index (κ3) is 2.00. The molecule has 2 heterocycles. The molecule has 7 aromatic rings. The highest BCUT2D eigenvalue weighted by Gasteiger charge is 2.17. The fourth-order valence-electron chi connectivity index (χ4n) is 4.87. The number of rotatable bonds is 0. The van der Waals surface area contributed by atoms with E-state index in [-0.39, 0.29) is 5.56 Å². The fraction of sp³-hybridized carbons (Fsp3) is 0. The van der Waals surface area contributed by atoms with Crippen molar-refractivity contribution >= 4 is 74.7 Å². The quantitative estimate of drug-likeness (QED) is 0.265. The van der Waals surface area contributed by atoms with Crippen molar-refractivity contribution in [2.75, 3.05) is 0 Å². The second-order valence-electron chi connectivity index (χ2n) is 7.80. The Kier molecular flexibility index (Phi) is 3.06. The third-order valence-corrected chi connectivity index (χ3v) is 7.43. The lowest BCUT2D eigenvalue weighted by Crippen LogP contribution is -2.04. The van der Waals surface area contributed by atoms with Crippen LogP contribution in [0.5, 0.6) is 0 Å². The Balaban J connectivity index is 1.86. The summed E-state index contributed by atoms with van der Waals surface area (Å²) in [7, 11) is 0. The summed E-state index contributed by atoms with van der Waals surface area (Å²) < 4.78 is 1.98. The Morgan fingerprint density at radius 2 is 1.20 bits per heavy atom. The lowest BCUT2D eigenvalue weighted by atomic mass is 9.95. The minimum absolute atomic E-state index is 0.0117. The van der Waals surface area contributed by atoms with Crippen molar-refractivity contribution in [3.8, 4) is 0 Å². The maximum atomic E-state index is 13.1. The van der Waals surface area contributed by atoms with Crippen LogP contribution in [-0.4, -0.2) is 4.98 Å². The van der Waals surface area contributed by atoms with Crippen LogP contribution >= 0.6 is 11.3 Å². The number of pyridine rings is 1. The van der Waals surface area contributed by atoms with Crippen LogP contribution in [0.3, 0.4) is 0 Å². The molecule has 0 spiro atoms. The van der Waals surface area contributed by atoms with E-state index in [1.807, 2.05) is 6.07 Å². The third-order valence-electron chi connectivity index (χ3n) is 6.19. The smallest absolute Gasteiger partial charge is 0.266 e. The van der Waals surface area contributed by atoms with Gasteiger partial charge < -0.3 is 4.98 Å². The van der Waals surface area contributed by atoms with E-state index in [2.05, 4.69) is 83.8 Å². The summed E-state index contributed by atoms with van der Waals surface area (Å²) >= 11 is 1.60. The van der Waals surface area contributed by atoms with Crippen molar-refractivity contribution in [2.45, 2.75) is 0 Å². The molecule has 2 aromatic heterocycles. The Hall–Kier alpha value is -3.69. The predicted octanol–water partition coefficient (Wildman–Crippen LogP) is 7.36. The first-order valence-corrected chi connectivity index (χ1v) is 10.8. The van der Waals surface area contributed by atoms with Gasteiger partial charge in [-0.3, -0.25) is 4.79 Å². The number of hydrogen-bond acceptors (Lipinski definition) is 2. The number of benzene rings is 5. The summed E-state index contributed by atoms with van der Waals surface area (Å²) in [6.45, 7) is 0. The van der Waals surface area contributed by atoms with Gasteiger partial charge in [0.1, 0.15) is 4.70 Å². The first kappa shape index (κ1) is 16.1. The van der Waals surface area contributed by atoms with Crippen molar-refractivity contribution in [1.82, 2.24) is 4.98 Å². The molecule has 0 aliphatic heterocycles. The number of thiophene rings is 1. The molecular formula is C27H15NOS. The van der Waals surface area contributed by atoms with Crippen LogP contribution < -0.4 is 5.56 Å². The average Bonchev–Trinajstić information content (AvgIpc) is 3.19. The van der Waals surface area contributed by atoms with Gasteiger partial charge in [0.05, 0.1) is 0 Å². The molecule has 0 aliphatic rings. The second kappa shape index (κ2) is 5.68. The molecule has 0 amide bonds. The molecule has 0 fully saturated rings. The number of aromatic amines is 1. The van der Waals surface area contributed by atoms with E-state index >= 15 is 0 Å². The molecule has 7 rings (SSSR count). The Morgan fingerprint density at radius 3 is 2.07 bits per heavy atom. The van der Waals surface area contributed by atoms with Crippen molar-refractivity contribution < 1.29 is 0 Å². The number of H-pyrrole nitrogens is 1. The normalized spacial score (nSPS) is 12.1. The summed E-state index contributed by atoms with van der Waals surface area (Å²) in [6, 6.07) is 29.7. The van der Waals surface area contributed by atoms with Gasteiger partial charge in [-0.25, -0.2) is 0 Å². The van der Waals surface area contributed by atoms with E-state index in [1.165, 1.54) is 37.0 Å². The van der Waals surface area contributed by atoms with E-state index < -0.39 is 0 Å². The largest absolute Gasteiger partial charge is 0.321 e. The molecule has 2 nitrogen and oxygen atoms in total. The van der Waals surface area contributed by atoms with Crippen LogP contribution in [0.25, 0.3) is 63.4 Å². The van der Waals surface area contributed by atoms with Crippen LogP contribution in [0.2, 0.25) is 0 Å². The monoisotopic (exact) mass is 401 g/mol. The lowest BCUT2D eigenvalue weighted by molar-refractivity contribution is 1.36. The zero-order chi connectivity index (χ0) is 19.8. The molecule has 3 heteroatoms. The lowest BCUT2D eigenvalue weighted by Gasteiger charge is -2.09. The maximum Gasteiger partial charge on any atom is 0.266 e. The molecule has 0 saturated carbocycles. The van der Waals surface area contributed by atoms with E-state index in [1.54, 1.807) is 11.3 Å². The van der Waals surface area contributed by atoms with Crippen LogP contribution in [0, 0.1) is 0 Å². The topological polar surface area (TPSA) is 32.9 Å². The second-order valence-corrected chi connectivity index (χ2v) is 8.82. The van der Waals surface area contributed by atoms with E-state index in [9.17, 15) is 4.79 Å². The highest BCUT2D eigenvalue weighted by atomic mass is 32.1. The van der Waals surface area contributed by atoms with Gasteiger partial charge in [-0.2, -0.15) is 0 Å². The Labute approximate surface area is 175 Å². The molecule has 140 valence electrons. The van der Waals surface area contributed by atoms with E-state index in [0.717, 1.165) is 26.4 Å². The zero-order valence-corrected chi connectivity index (χ0v) is 16.7. The summed E-state index contributed by atoms with van der Waals surface area (Å²) in [5.41, 5.74) is 0.881. The highest BCUT2D eigenvalue weighted by molar-refractivity contribution is 7.26. The summed E-state index contributed by atoms with van der Waals surface area (Å²) in [4.78, 5) is 16.2. The average molecular weight is 401 g/mol. The zero-order valence-electron chi connectivity index (χ0n) is 15.9. The van der Waals surface area contributed by atoms with Crippen molar-refractivity contribution in [1.29, 1.82) is 0 Å². The molecule has 5 aromatic carbocycles. The van der Waals surface area contributed by atoms with Crippen LogP contribution in [0.1, 0.15) is 0 Å². The molecule has 0 atom stereocenters. The van der Waals surface area contributed by atoms with E-state index in [4.69, 9.17) is 0 Å². The van der Waals surface area contributed by atoms with Crippen molar-refractivity contribution in [2.24, 2.45) is 0 Å². The summed E-state index contributed by atoms with van der Waals surface area (Å²) in [6.07, 6.45) is 0. The van der Waals surface area contributed by atoms with Gasteiger partial charge in [0.15, 0.2) is 0 Å². The number of hydrogen-bond donors (Lipinski definition) is 1. The molecule has 0 radical (unpaired) electrons.